The fourth-order valence-corrected chi connectivity index (χ4v) is 8.90. The van der Waals surface area contributed by atoms with Crippen molar-refractivity contribution in [1.29, 1.82) is 0 Å². The van der Waals surface area contributed by atoms with E-state index in [0.717, 1.165) is 38.2 Å². The Morgan fingerprint density at radius 1 is 0.449 bits per heavy atom. The number of benzene rings is 7. The molecule has 0 spiro atoms. The lowest BCUT2D eigenvalue weighted by molar-refractivity contribution is 1.02. The number of hydrogen-bond acceptors (Lipinski definition) is 3. The number of fused-ring (bicyclic) bond motifs is 11. The summed E-state index contributed by atoms with van der Waals surface area (Å²) >= 11 is 1.73. The van der Waals surface area contributed by atoms with Crippen molar-refractivity contribution >= 4 is 86.0 Å². The summed E-state index contributed by atoms with van der Waals surface area (Å²) in [5, 5.41) is 9.58. The summed E-state index contributed by atoms with van der Waals surface area (Å²) < 4.78 is 5.93. The quantitative estimate of drug-likeness (QED) is 0.192. The summed E-state index contributed by atoms with van der Waals surface area (Å²) in [4.78, 5) is 11.8. The van der Waals surface area contributed by atoms with E-state index in [4.69, 9.17) is 9.97 Å². The van der Waals surface area contributed by atoms with Gasteiger partial charge in [-0.2, -0.15) is 0 Å². The van der Waals surface area contributed by atoms with Gasteiger partial charge in [0, 0.05) is 48.3 Å². The van der Waals surface area contributed by atoms with E-state index in [-0.39, 0.29) is 0 Å². The Hall–Kier alpha value is -6.30. The van der Waals surface area contributed by atoms with Crippen LogP contribution < -0.4 is 0 Å². The first-order valence-corrected chi connectivity index (χ1v) is 17.3. The minimum Gasteiger partial charge on any atom is -0.309 e. The van der Waals surface area contributed by atoms with Crippen molar-refractivity contribution < 1.29 is 0 Å². The molecular formula is C44H26N4S. The normalized spacial score (nSPS) is 12.1. The third-order valence-corrected chi connectivity index (χ3v) is 11.0. The summed E-state index contributed by atoms with van der Waals surface area (Å²) in [6.07, 6.45) is 0. The largest absolute Gasteiger partial charge is 0.309 e. The van der Waals surface area contributed by atoms with Crippen LogP contribution in [0.3, 0.4) is 0 Å². The fourth-order valence-electron chi connectivity index (χ4n) is 7.82. The minimum atomic E-state index is 0.678. The Morgan fingerprint density at radius 3 is 2.00 bits per heavy atom. The Labute approximate surface area is 284 Å². The molecule has 0 saturated carbocycles. The predicted molar refractivity (Wildman–Crippen MR) is 207 cm³/mol. The van der Waals surface area contributed by atoms with Crippen LogP contribution >= 0.6 is 11.3 Å². The molecule has 11 rings (SSSR count). The minimum absolute atomic E-state index is 0.678. The molecule has 4 aromatic heterocycles. The first kappa shape index (κ1) is 26.7. The molecule has 4 nitrogen and oxygen atoms in total. The van der Waals surface area contributed by atoms with Crippen LogP contribution in [0.5, 0.6) is 0 Å². The SMILES string of the molecule is c1ccc(-c2nc(-n3c4ccccc4c4c3ccc3c5ccccc5n(-c5ccc6ccccc6c5)c34)nc3sc4ccccc4c23)cc1. The molecule has 0 unspecified atom stereocenters. The number of thiophene rings is 1. The van der Waals surface area contributed by atoms with E-state index in [1.165, 1.54) is 53.4 Å². The van der Waals surface area contributed by atoms with Crippen molar-refractivity contribution in [1.82, 2.24) is 19.1 Å². The molecule has 0 aliphatic rings. The predicted octanol–water partition coefficient (Wildman–Crippen LogP) is 11.9. The zero-order valence-electron chi connectivity index (χ0n) is 26.2. The lowest BCUT2D eigenvalue weighted by Gasteiger charge is -2.11. The summed E-state index contributed by atoms with van der Waals surface area (Å²) in [6, 6.07) is 56.4. The van der Waals surface area contributed by atoms with Crippen LogP contribution in [0.1, 0.15) is 0 Å². The maximum Gasteiger partial charge on any atom is 0.236 e. The highest BCUT2D eigenvalue weighted by Gasteiger charge is 2.23. The molecule has 49 heavy (non-hydrogen) atoms. The van der Waals surface area contributed by atoms with Gasteiger partial charge in [-0.3, -0.25) is 4.57 Å². The molecule has 0 aliphatic carbocycles. The van der Waals surface area contributed by atoms with Gasteiger partial charge in [-0.05, 0) is 47.2 Å². The van der Waals surface area contributed by atoms with Crippen molar-refractivity contribution in [3.8, 4) is 22.9 Å². The van der Waals surface area contributed by atoms with Crippen LogP contribution in [0.15, 0.2) is 158 Å². The van der Waals surface area contributed by atoms with E-state index < -0.39 is 0 Å². The average Bonchev–Trinajstić information content (AvgIpc) is 3.82. The Balaban J connectivity index is 1.29. The smallest absolute Gasteiger partial charge is 0.236 e. The van der Waals surface area contributed by atoms with Gasteiger partial charge in [-0.25, -0.2) is 9.97 Å². The van der Waals surface area contributed by atoms with E-state index in [2.05, 4.69) is 167 Å². The lowest BCUT2D eigenvalue weighted by Crippen LogP contribution is -2.02. The summed E-state index contributed by atoms with van der Waals surface area (Å²) in [6.45, 7) is 0. The molecule has 0 atom stereocenters. The molecular weight excluding hydrogens is 617 g/mol. The molecule has 11 aromatic rings. The van der Waals surface area contributed by atoms with Crippen LogP contribution in [-0.4, -0.2) is 19.1 Å². The summed E-state index contributed by atoms with van der Waals surface area (Å²) in [7, 11) is 0. The van der Waals surface area contributed by atoms with Crippen molar-refractivity contribution in [2.75, 3.05) is 0 Å². The van der Waals surface area contributed by atoms with E-state index in [9.17, 15) is 0 Å². The molecule has 0 fully saturated rings. The maximum absolute atomic E-state index is 5.43. The number of aromatic nitrogens is 4. The number of hydrogen-bond donors (Lipinski definition) is 0. The molecule has 0 N–H and O–H groups in total. The van der Waals surface area contributed by atoms with Crippen LogP contribution in [0.2, 0.25) is 0 Å². The second-order valence-corrected chi connectivity index (χ2v) is 13.6. The first-order valence-electron chi connectivity index (χ1n) is 16.5. The van der Waals surface area contributed by atoms with E-state index >= 15 is 0 Å². The highest BCUT2D eigenvalue weighted by atomic mass is 32.1. The van der Waals surface area contributed by atoms with Crippen molar-refractivity contribution in [3.63, 3.8) is 0 Å². The first-order chi connectivity index (χ1) is 24.3. The Bertz CT molecular complexity index is 3110. The molecule has 5 heteroatoms. The van der Waals surface area contributed by atoms with Gasteiger partial charge in [-0.1, -0.05) is 121 Å². The standard InChI is InChI=1S/C44H26N4S/c1-2-13-28(14-3-1)41-40-34-18-8-11-21-38(34)49-43(40)46-44(45-41)48-36-20-10-7-17-33(36)39-37(48)25-24-32-31-16-6-9-19-35(31)47(42(32)39)30-23-22-27-12-4-5-15-29(27)26-30/h1-26H. The Kier molecular flexibility index (Phi) is 5.51. The highest BCUT2D eigenvalue weighted by Crippen LogP contribution is 2.43. The fraction of sp³-hybridized carbons (Fsp3) is 0. The highest BCUT2D eigenvalue weighted by molar-refractivity contribution is 7.25. The molecule has 0 radical (unpaired) electrons. The van der Waals surface area contributed by atoms with Crippen LogP contribution in [0.4, 0.5) is 0 Å². The zero-order chi connectivity index (χ0) is 32.1. The molecule has 228 valence electrons. The third-order valence-electron chi connectivity index (χ3n) is 9.94. The Morgan fingerprint density at radius 2 is 1.14 bits per heavy atom. The van der Waals surface area contributed by atoms with Crippen LogP contribution in [0.25, 0.3) is 97.6 Å². The van der Waals surface area contributed by atoms with Crippen molar-refractivity contribution in [3.05, 3.63) is 158 Å². The molecule has 0 saturated heterocycles. The van der Waals surface area contributed by atoms with Gasteiger partial charge in [0.15, 0.2) is 0 Å². The number of rotatable bonds is 3. The van der Waals surface area contributed by atoms with Crippen LogP contribution in [-0.2, 0) is 0 Å². The monoisotopic (exact) mass is 642 g/mol. The molecule has 4 heterocycles. The third kappa shape index (κ3) is 3.79. The van der Waals surface area contributed by atoms with Gasteiger partial charge < -0.3 is 4.57 Å². The second kappa shape index (κ2) is 10.1. The van der Waals surface area contributed by atoms with Gasteiger partial charge >= 0.3 is 0 Å². The van der Waals surface area contributed by atoms with Crippen molar-refractivity contribution in [2.45, 2.75) is 0 Å². The molecule has 0 aliphatic heterocycles. The average molecular weight is 643 g/mol. The number of nitrogens with zero attached hydrogens (tertiary/aromatic N) is 4. The maximum atomic E-state index is 5.43. The van der Waals surface area contributed by atoms with Crippen molar-refractivity contribution in [2.24, 2.45) is 0 Å². The topological polar surface area (TPSA) is 35.6 Å². The van der Waals surface area contributed by atoms with Gasteiger partial charge in [-0.15, -0.1) is 11.3 Å². The van der Waals surface area contributed by atoms with Crippen LogP contribution in [0, 0.1) is 0 Å². The van der Waals surface area contributed by atoms with Gasteiger partial charge in [0.2, 0.25) is 5.95 Å². The van der Waals surface area contributed by atoms with Gasteiger partial charge in [0.05, 0.1) is 27.8 Å². The summed E-state index contributed by atoms with van der Waals surface area (Å²) in [5.74, 6) is 0.678. The second-order valence-electron chi connectivity index (χ2n) is 12.6. The molecule has 0 amide bonds. The summed E-state index contributed by atoms with van der Waals surface area (Å²) in [5.41, 5.74) is 7.72. The van der Waals surface area contributed by atoms with Gasteiger partial charge in [0.25, 0.3) is 0 Å². The van der Waals surface area contributed by atoms with Gasteiger partial charge in [0.1, 0.15) is 4.83 Å². The van der Waals surface area contributed by atoms with E-state index in [0.29, 0.717) is 5.95 Å². The van der Waals surface area contributed by atoms with E-state index in [1.807, 2.05) is 0 Å². The zero-order valence-corrected chi connectivity index (χ0v) is 27.0. The lowest BCUT2D eigenvalue weighted by atomic mass is 10.1. The molecule has 7 aromatic carbocycles. The number of para-hydroxylation sites is 2. The molecule has 0 bridgehead atoms. The van der Waals surface area contributed by atoms with E-state index in [1.54, 1.807) is 11.3 Å².